The number of carbonyl (C=O) groups excluding carboxylic acids is 2. The van der Waals surface area contributed by atoms with Crippen LogP contribution in [-0.2, 0) is 25.7 Å². The van der Waals surface area contributed by atoms with Gasteiger partial charge < -0.3 is 9.47 Å². The fraction of sp³-hybridized carbons (Fsp3) is 0.524. The number of carbonyl (C=O) groups is 2. The highest BCUT2D eigenvalue weighted by Gasteiger charge is 2.45. The minimum atomic E-state index is -0.303. The van der Waals surface area contributed by atoms with E-state index < -0.39 is 0 Å². The summed E-state index contributed by atoms with van der Waals surface area (Å²) in [6.45, 7) is 3.27. The average Bonchev–Trinajstić information content (AvgIpc) is 2.63. The summed E-state index contributed by atoms with van der Waals surface area (Å²) in [5.74, 6) is 0.151. The van der Waals surface area contributed by atoms with Crippen LogP contribution in [0.1, 0.15) is 25.3 Å². The van der Waals surface area contributed by atoms with Gasteiger partial charge in [0.25, 0.3) is 0 Å². The molecule has 0 unspecified atom stereocenters. The van der Waals surface area contributed by atoms with Crippen LogP contribution >= 0.6 is 0 Å². The zero-order valence-electron chi connectivity index (χ0n) is 14.9. The summed E-state index contributed by atoms with van der Waals surface area (Å²) >= 11 is 0. The van der Waals surface area contributed by atoms with Crippen LogP contribution in [0.4, 0.5) is 0 Å². The third-order valence-corrected chi connectivity index (χ3v) is 5.59. The molecule has 0 aliphatic heterocycles. The minimum absolute atomic E-state index is 0.0447. The van der Waals surface area contributed by atoms with Crippen LogP contribution in [0.25, 0.3) is 0 Å². The van der Waals surface area contributed by atoms with Gasteiger partial charge in [0.15, 0.2) is 0 Å². The van der Waals surface area contributed by atoms with Crippen molar-refractivity contribution in [3.05, 3.63) is 48.0 Å². The van der Waals surface area contributed by atoms with Gasteiger partial charge in [-0.15, -0.1) is 0 Å². The molecule has 25 heavy (non-hydrogen) atoms. The number of ether oxygens (including phenoxy) is 2. The minimum Gasteiger partial charge on any atom is -0.469 e. The number of rotatable bonds is 5. The van der Waals surface area contributed by atoms with Crippen LogP contribution < -0.4 is 0 Å². The predicted molar refractivity (Wildman–Crippen MR) is 94.6 cm³/mol. The van der Waals surface area contributed by atoms with E-state index in [9.17, 15) is 9.59 Å². The van der Waals surface area contributed by atoms with Crippen LogP contribution in [0.3, 0.4) is 0 Å². The second-order valence-electron chi connectivity index (χ2n) is 7.22. The van der Waals surface area contributed by atoms with Gasteiger partial charge in [-0.25, -0.2) is 0 Å². The van der Waals surface area contributed by atoms with Gasteiger partial charge in [0.1, 0.15) is 5.78 Å². The van der Waals surface area contributed by atoms with Gasteiger partial charge >= 0.3 is 5.97 Å². The van der Waals surface area contributed by atoms with E-state index in [1.807, 2.05) is 30.3 Å². The molecule has 5 atom stereocenters. The predicted octanol–water partition coefficient (Wildman–Crippen LogP) is 3.41. The molecular formula is C21H26O4. The molecule has 1 aromatic rings. The van der Waals surface area contributed by atoms with Crippen LogP contribution in [0.15, 0.2) is 42.5 Å². The summed E-state index contributed by atoms with van der Waals surface area (Å²) in [7, 11) is 1.39. The second kappa shape index (κ2) is 7.96. The molecule has 1 saturated carbocycles. The highest BCUT2D eigenvalue weighted by molar-refractivity contribution is 5.88. The fourth-order valence-corrected chi connectivity index (χ4v) is 4.21. The summed E-state index contributed by atoms with van der Waals surface area (Å²) in [4.78, 5) is 24.6. The Morgan fingerprint density at radius 3 is 2.68 bits per heavy atom. The first-order valence-electron chi connectivity index (χ1n) is 9.00. The Balaban J connectivity index is 1.65. The lowest BCUT2D eigenvalue weighted by Gasteiger charge is -2.41. The monoisotopic (exact) mass is 342 g/mol. The molecule has 3 rings (SSSR count). The van der Waals surface area contributed by atoms with Crippen LogP contribution in [-0.4, -0.2) is 25.5 Å². The smallest absolute Gasteiger partial charge is 0.309 e. The Kier molecular flexibility index (Phi) is 5.69. The third kappa shape index (κ3) is 4.01. The zero-order valence-corrected chi connectivity index (χ0v) is 14.9. The fourth-order valence-electron chi connectivity index (χ4n) is 4.21. The molecule has 0 amide bonds. The molecule has 0 heterocycles. The van der Waals surface area contributed by atoms with Crippen molar-refractivity contribution in [2.24, 2.45) is 29.6 Å². The molecular weight excluding hydrogens is 316 g/mol. The average molecular weight is 342 g/mol. The molecule has 4 nitrogen and oxygen atoms in total. The van der Waals surface area contributed by atoms with Gasteiger partial charge in [-0.1, -0.05) is 49.4 Å². The maximum absolute atomic E-state index is 12.8. The van der Waals surface area contributed by atoms with Crippen molar-refractivity contribution in [1.82, 2.24) is 0 Å². The normalized spacial score (nSPS) is 31.4. The lowest BCUT2D eigenvalue weighted by molar-refractivity contribution is -0.152. The Labute approximate surface area is 149 Å². The van der Waals surface area contributed by atoms with Crippen molar-refractivity contribution >= 4 is 11.8 Å². The highest BCUT2D eigenvalue weighted by atomic mass is 16.5. The lowest BCUT2D eigenvalue weighted by atomic mass is 9.62. The van der Waals surface area contributed by atoms with Crippen LogP contribution in [0.2, 0.25) is 0 Å². The van der Waals surface area contributed by atoms with E-state index in [0.717, 1.165) is 5.56 Å². The van der Waals surface area contributed by atoms with Crippen molar-refractivity contribution in [2.45, 2.75) is 26.4 Å². The molecule has 1 aromatic carbocycles. The Morgan fingerprint density at radius 1 is 1.20 bits per heavy atom. The SMILES string of the molecule is COC(=O)[C@@H]1CC(=O)[C@@H]2[C@@H](COCc3ccccc3)[C@@H](C)C=C[C@H]2C1. The maximum atomic E-state index is 12.8. The number of fused-ring (bicyclic) bond motifs is 1. The van der Waals surface area contributed by atoms with Gasteiger partial charge in [-0.2, -0.15) is 0 Å². The molecule has 134 valence electrons. The topological polar surface area (TPSA) is 52.6 Å². The summed E-state index contributed by atoms with van der Waals surface area (Å²) in [6.07, 6.45) is 5.28. The first-order valence-corrected chi connectivity index (χ1v) is 9.00. The third-order valence-electron chi connectivity index (χ3n) is 5.59. The molecule has 2 aliphatic carbocycles. The van der Waals surface area contributed by atoms with E-state index in [-0.39, 0.29) is 35.4 Å². The van der Waals surface area contributed by atoms with Crippen molar-refractivity contribution in [3.8, 4) is 0 Å². The van der Waals surface area contributed by atoms with E-state index in [2.05, 4.69) is 19.1 Å². The van der Waals surface area contributed by atoms with Gasteiger partial charge in [0, 0.05) is 12.3 Å². The Morgan fingerprint density at radius 2 is 1.96 bits per heavy atom. The maximum Gasteiger partial charge on any atom is 0.309 e. The van der Waals surface area contributed by atoms with Crippen molar-refractivity contribution in [3.63, 3.8) is 0 Å². The molecule has 4 heteroatoms. The molecule has 0 bridgehead atoms. The molecule has 0 saturated heterocycles. The van der Waals surface area contributed by atoms with Gasteiger partial charge in [-0.3, -0.25) is 9.59 Å². The summed E-state index contributed by atoms with van der Waals surface area (Å²) in [6, 6.07) is 10.1. The number of allylic oxidation sites excluding steroid dienone is 2. The largest absolute Gasteiger partial charge is 0.469 e. The summed E-state index contributed by atoms with van der Waals surface area (Å²) < 4.78 is 10.8. The van der Waals surface area contributed by atoms with E-state index in [1.54, 1.807) is 0 Å². The number of benzene rings is 1. The Bertz CT molecular complexity index is 637. The van der Waals surface area contributed by atoms with Crippen LogP contribution in [0.5, 0.6) is 0 Å². The number of ketones is 1. The first-order chi connectivity index (χ1) is 12.1. The number of methoxy groups -OCH3 is 1. The standard InChI is InChI=1S/C21H26O4/c1-14-8-9-16-10-17(21(23)24-2)11-19(22)20(16)18(14)13-25-12-15-6-4-3-5-7-15/h3-9,14,16-18,20H,10-13H2,1-2H3/t14-,16-,17-,18-,20-/m0/s1. The van der Waals surface area contributed by atoms with Gasteiger partial charge in [0.05, 0.1) is 26.2 Å². The molecule has 1 fully saturated rings. The number of hydrogen-bond donors (Lipinski definition) is 0. The van der Waals surface area contributed by atoms with Crippen molar-refractivity contribution < 1.29 is 19.1 Å². The van der Waals surface area contributed by atoms with E-state index in [4.69, 9.17) is 9.47 Å². The Hall–Kier alpha value is -1.94. The molecule has 0 radical (unpaired) electrons. The molecule has 0 spiro atoms. The van der Waals surface area contributed by atoms with Gasteiger partial charge in [-0.05, 0) is 29.7 Å². The molecule has 2 aliphatic rings. The molecule has 0 N–H and O–H groups in total. The van der Waals surface area contributed by atoms with Crippen molar-refractivity contribution in [2.75, 3.05) is 13.7 Å². The number of esters is 1. The van der Waals surface area contributed by atoms with Crippen molar-refractivity contribution in [1.29, 1.82) is 0 Å². The van der Waals surface area contributed by atoms with E-state index >= 15 is 0 Å². The number of hydrogen-bond acceptors (Lipinski definition) is 4. The van der Waals surface area contributed by atoms with E-state index in [1.165, 1.54) is 7.11 Å². The highest BCUT2D eigenvalue weighted by Crippen LogP contribution is 2.43. The molecule has 0 aromatic heterocycles. The summed E-state index contributed by atoms with van der Waals surface area (Å²) in [5, 5.41) is 0. The van der Waals surface area contributed by atoms with Gasteiger partial charge in [0.2, 0.25) is 0 Å². The number of Topliss-reactive ketones (excluding diaryl/α,β-unsaturated/α-hetero) is 1. The second-order valence-corrected chi connectivity index (χ2v) is 7.22. The summed E-state index contributed by atoms with van der Waals surface area (Å²) in [5.41, 5.74) is 1.14. The first kappa shape index (κ1) is 17.9. The van der Waals surface area contributed by atoms with Crippen LogP contribution in [0, 0.1) is 29.6 Å². The quantitative estimate of drug-likeness (QED) is 0.608. The zero-order chi connectivity index (χ0) is 17.8. The van der Waals surface area contributed by atoms with E-state index in [0.29, 0.717) is 32.0 Å². The lowest BCUT2D eigenvalue weighted by Crippen LogP contribution is -2.44.